The molecule has 0 saturated carbocycles. The fourth-order valence-corrected chi connectivity index (χ4v) is 2.97. The second-order valence-electron chi connectivity index (χ2n) is 5.83. The first-order chi connectivity index (χ1) is 11.5. The van der Waals surface area contributed by atoms with Gasteiger partial charge in [0.05, 0.1) is 11.4 Å². The summed E-state index contributed by atoms with van der Waals surface area (Å²) in [4.78, 5) is 25.9. The van der Waals surface area contributed by atoms with Crippen molar-refractivity contribution in [1.82, 2.24) is 0 Å². The molecule has 1 aliphatic rings. The summed E-state index contributed by atoms with van der Waals surface area (Å²) in [5.74, 6) is -0.267. The van der Waals surface area contributed by atoms with E-state index < -0.39 is 0 Å². The monoisotopic (exact) mass is 344 g/mol. The van der Waals surface area contributed by atoms with Gasteiger partial charge < -0.3 is 10.6 Å². The molecule has 0 radical (unpaired) electrons. The number of benzene rings is 2. The maximum Gasteiger partial charge on any atom is 0.282 e. The number of para-hydroxylation sites is 2. The molecule has 5 nitrogen and oxygen atoms in total. The Labute approximate surface area is 145 Å². The topological polar surface area (TPSA) is 66.0 Å². The lowest BCUT2D eigenvalue weighted by Gasteiger charge is -2.28. The summed E-state index contributed by atoms with van der Waals surface area (Å²) in [6.07, 6.45) is 0. The van der Waals surface area contributed by atoms with Crippen LogP contribution in [0.25, 0.3) is 0 Å². The van der Waals surface area contributed by atoms with Crippen molar-refractivity contribution in [2.45, 2.75) is 13.0 Å². The van der Waals surface area contributed by atoms with E-state index in [4.69, 9.17) is 11.6 Å². The zero-order valence-corrected chi connectivity index (χ0v) is 14.1. The van der Waals surface area contributed by atoms with Gasteiger partial charge in [0.15, 0.2) is 6.54 Å². The smallest absolute Gasteiger partial charge is 0.282 e. The van der Waals surface area contributed by atoms with E-state index in [0.29, 0.717) is 10.7 Å². The predicted molar refractivity (Wildman–Crippen MR) is 94.1 cm³/mol. The highest BCUT2D eigenvalue weighted by molar-refractivity contribution is 6.30. The first-order valence-electron chi connectivity index (χ1n) is 7.82. The van der Waals surface area contributed by atoms with Crippen LogP contribution >= 0.6 is 11.6 Å². The quantitative estimate of drug-likeness (QED) is 0.890. The molecule has 2 aromatic rings. The summed E-state index contributed by atoms with van der Waals surface area (Å²) < 4.78 is 0. The Morgan fingerprint density at radius 2 is 2.08 bits per heavy atom. The Morgan fingerprint density at radius 1 is 1.29 bits per heavy atom. The Kier molecular flexibility index (Phi) is 4.83. The summed E-state index contributed by atoms with van der Waals surface area (Å²) in [7, 11) is 0. The molecule has 0 aromatic heterocycles. The Balaban J connectivity index is 1.68. The third-order valence-electron chi connectivity index (χ3n) is 4.09. The third kappa shape index (κ3) is 3.58. The fourth-order valence-electron chi connectivity index (χ4n) is 2.77. The van der Waals surface area contributed by atoms with Gasteiger partial charge in [0.1, 0.15) is 12.6 Å². The van der Waals surface area contributed by atoms with Gasteiger partial charge in [-0.3, -0.25) is 14.5 Å². The number of anilines is 2. The fraction of sp³-hybridized carbons (Fsp3) is 0.222. The number of nitrogens with two attached hydrogens (primary N) is 1. The molecule has 0 bridgehead atoms. The molecule has 2 amide bonds. The average Bonchev–Trinajstić information content (AvgIpc) is 2.58. The van der Waals surface area contributed by atoms with E-state index in [9.17, 15) is 9.59 Å². The second-order valence-corrected chi connectivity index (χ2v) is 6.27. The summed E-state index contributed by atoms with van der Waals surface area (Å²) in [6, 6.07) is 15.0. The molecule has 1 aliphatic heterocycles. The van der Waals surface area contributed by atoms with Gasteiger partial charge in [-0.1, -0.05) is 35.9 Å². The second kappa shape index (κ2) is 7.03. The molecule has 0 saturated heterocycles. The number of hydrogen-bond acceptors (Lipinski definition) is 2. The molecule has 0 unspecified atom stereocenters. The lowest BCUT2D eigenvalue weighted by atomic mass is 10.1. The highest BCUT2D eigenvalue weighted by Gasteiger charge is 2.27. The minimum Gasteiger partial charge on any atom is -0.333 e. The summed E-state index contributed by atoms with van der Waals surface area (Å²) in [5, 5.41) is 5.41. The normalized spacial score (nSPS) is 14.8. The highest BCUT2D eigenvalue weighted by atomic mass is 35.5. The number of nitrogens with zero attached hydrogens (tertiary/aromatic N) is 1. The van der Waals surface area contributed by atoms with E-state index in [1.165, 1.54) is 4.90 Å². The molecule has 1 atom stereocenters. The summed E-state index contributed by atoms with van der Waals surface area (Å²) in [6.45, 7) is 2.33. The zero-order valence-electron chi connectivity index (χ0n) is 13.3. The number of amides is 2. The van der Waals surface area contributed by atoms with Crippen LogP contribution < -0.4 is 15.5 Å². The van der Waals surface area contributed by atoms with Gasteiger partial charge in [0.25, 0.3) is 5.91 Å². The van der Waals surface area contributed by atoms with Crippen molar-refractivity contribution in [3.8, 4) is 0 Å². The van der Waals surface area contributed by atoms with Crippen molar-refractivity contribution >= 4 is 34.8 Å². The first-order valence-corrected chi connectivity index (χ1v) is 8.20. The highest BCUT2D eigenvalue weighted by Crippen LogP contribution is 2.28. The number of quaternary nitrogens is 1. The van der Waals surface area contributed by atoms with E-state index in [0.717, 1.165) is 11.3 Å². The van der Waals surface area contributed by atoms with Crippen molar-refractivity contribution in [2.75, 3.05) is 23.3 Å². The van der Waals surface area contributed by atoms with Gasteiger partial charge in [0.2, 0.25) is 5.91 Å². The maximum atomic E-state index is 12.6. The van der Waals surface area contributed by atoms with E-state index in [-0.39, 0.29) is 30.9 Å². The van der Waals surface area contributed by atoms with Crippen LogP contribution in [0.3, 0.4) is 0 Å². The molecule has 3 N–H and O–H groups in total. The number of hydrogen-bond donors (Lipinski definition) is 2. The van der Waals surface area contributed by atoms with Crippen LogP contribution in [-0.2, 0) is 9.59 Å². The molecule has 0 spiro atoms. The number of nitrogens with one attached hydrogen (secondary N) is 1. The molecule has 2 aromatic carbocycles. The van der Waals surface area contributed by atoms with Crippen LogP contribution in [0.1, 0.15) is 18.5 Å². The molecule has 0 fully saturated rings. The molecular formula is C18H19ClN3O2+. The third-order valence-corrected chi connectivity index (χ3v) is 4.33. The van der Waals surface area contributed by atoms with Gasteiger partial charge in [-0.05, 0) is 31.2 Å². The Hall–Kier alpha value is -2.37. The Morgan fingerprint density at radius 3 is 2.88 bits per heavy atom. The molecule has 1 heterocycles. The van der Waals surface area contributed by atoms with Crippen LogP contribution in [0.4, 0.5) is 11.4 Å². The van der Waals surface area contributed by atoms with Crippen LogP contribution in [0.5, 0.6) is 0 Å². The summed E-state index contributed by atoms with van der Waals surface area (Å²) in [5.41, 5.74) is 2.47. The Bertz CT molecular complexity index is 778. The number of fused-ring (bicyclic) bond motifs is 1. The van der Waals surface area contributed by atoms with Crippen molar-refractivity contribution in [2.24, 2.45) is 0 Å². The predicted octanol–water partition coefficient (Wildman–Crippen LogP) is 1.95. The van der Waals surface area contributed by atoms with E-state index in [2.05, 4.69) is 5.32 Å². The van der Waals surface area contributed by atoms with Gasteiger partial charge in [-0.2, -0.15) is 0 Å². The number of rotatable bonds is 4. The van der Waals surface area contributed by atoms with Crippen LogP contribution in [0.2, 0.25) is 5.02 Å². The van der Waals surface area contributed by atoms with Crippen LogP contribution in [0, 0.1) is 0 Å². The molecular weight excluding hydrogens is 326 g/mol. The number of carbonyl (C=O) groups is 2. The molecule has 24 heavy (non-hydrogen) atoms. The van der Waals surface area contributed by atoms with E-state index in [1.54, 1.807) is 6.07 Å². The van der Waals surface area contributed by atoms with Gasteiger partial charge >= 0.3 is 0 Å². The number of halogens is 1. The van der Waals surface area contributed by atoms with Crippen molar-refractivity contribution in [3.05, 3.63) is 59.1 Å². The SMILES string of the molecule is C[C@H]([NH2+]CC(=O)N1CC(=O)Nc2ccccc21)c1cccc(Cl)c1. The lowest BCUT2D eigenvalue weighted by molar-refractivity contribution is -0.682. The molecule has 124 valence electrons. The van der Waals surface area contributed by atoms with E-state index >= 15 is 0 Å². The van der Waals surface area contributed by atoms with Crippen LogP contribution in [0.15, 0.2) is 48.5 Å². The molecule has 3 rings (SSSR count). The van der Waals surface area contributed by atoms with Crippen molar-refractivity contribution in [3.63, 3.8) is 0 Å². The van der Waals surface area contributed by atoms with Gasteiger partial charge in [-0.15, -0.1) is 0 Å². The first kappa shape index (κ1) is 16.5. The zero-order chi connectivity index (χ0) is 17.1. The van der Waals surface area contributed by atoms with E-state index in [1.807, 2.05) is 54.7 Å². The van der Waals surface area contributed by atoms with Crippen molar-refractivity contribution in [1.29, 1.82) is 0 Å². The lowest BCUT2D eigenvalue weighted by Crippen LogP contribution is -2.87. The molecule has 6 heteroatoms. The summed E-state index contributed by atoms with van der Waals surface area (Å²) >= 11 is 6.01. The van der Waals surface area contributed by atoms with Crippen LogP contribution in [-0.4, -0.2) is 24.9 Å². The maximum absolute atomic E-state index is 12.6. The minimum absolute atomic E-state index is 0.0508. The minimum atomic E-state index is -0.176. The molecule has 0 aliphatic carbocycles. The van der Waals surface area contributed by atoms with Gasteiger partial charge in [-0.25, -0.2) is 0 Å². The average molecular weight is 345 g/mol. The largest absolute Gasteiger partial charge is 0.333 e. The standard InChI is InChI=1S/C18H18ClN3O2/c1-12(13-5-4-6-14(19)9-13)20-10-18(24)22-11-17(23)21-15-7-2-3-8-16(15)22/h2-9,12,20H,10-11H2,1H3,(H,21,23)/p+1/t12-/m0/s1. The van der Waals surface area contributed by atoms with Gasteiger partial charge in [0, 0.05) is 10.6 Å². The van der Waals surface area contributed by atoms with Crippen molar-refractivity contribution < 1.29 is 14.9 Å². The number of carbonyl (C=O) groups excluding carboxylic acids is 2.